The van der Waals surface area contributed by atoms with Gasteiger partial charge in [0, 0.05) is 25.7 Å². The molecule has 2 aromatic carbocycles. The van der Waals surface area contributed by atoms with Gasteiger partial charge in [-0.05, 0) is 29.5 Å². The second-order valence-electron chi connectivity index (χ2n) is 7.29. The number of hydrogen-bond donors (Lipinski definition) is 2. The van der Waals surface area contributed by atoms with E-state index in [4.69, 9.17) is 0 Å². The van der Waals surface area contributed by atoms with Gasteiger partial charge in [0.2, 0.25) is 11.8 Å². The Hall–Kier alpha value is -2.66. The monoisotopic (exact) mass is 379 g/mol. The van der Waals surface area contributed by atoms with E-state index < -0.39 is 0 Å². The summed E-state index contributed by atoms with van der Waals surface area (Å²) in [6.45, 7) is 4.72. The van der Waals surface area contributed by atoms with Crippen LogP contribution in [-0.4, -0.2) is 42.4 Å². The van der Waals surface area contributed by atoms with E-state index in [2.05, 4.69) is 46.7 Å². The fraction of sp³-hybridized carbons (Fsp3) is 0.391. The number of nitrogens with one attached hydrogen (secondary N) is 2. The lowest BCUT2D eigenvalue weighted by atomic mass is 9.98. The van der Waals surface area contributed by atoms with E-state index in [-0.39, 0.29) is 18.4 Å². The summed E-state index contributed by atoms with van der Waals surface area (Å²) in [5.74, 6) is -0.279. The van der Waals surface area contributed by atoms with Crippen molar-refractivity contribution in [3.05, 3.63) is 71.3 Å². The molecule has 2 amide bonds. The Kier molecular flexibility index (Phi) is 7.20. The lowest BCUT2D eigenvalue weighted by Crippen LogP contribution is -2.47. The van der Waals surface area contributed by atoms with E-state index in [0.717, 1.165) is 31.5 Å². The summed E-state index contributed by atoms with van der Waals surface area (Å²) in [7, 11) is 0. The highest BCUT2D eigenvalue weighted by Gasteiger charge is 2.22. The van der Waals surface area contributed by atoms with Gasteiger partial charge in [-0.2, -0.15) is 0 Å². The second kappa shape index (κ2) is 10.0. The van der Waals surface area contributed by atoms with Crippen molar-refractivity contribution in [1.29, 1.82) is 0 Å². The maximum Gasteiger partial charge on any atom is 0.239 e. The summed E-state index contributed by atoms with van der Waals surface area (Å²) in [5.41, 5.74) is 3.75. The van der Waals surface area contributed by atoms with Crippen molar-refractivity contribution < 1.29 is 9.59 Å². The van der Waals surface area contributed by atoms with Gasteiger partial charge in [-0.3, -0.25) is 14.5 Å². The number of benzene rings is 2. The zero-order chi connectivity index (χ0) is 19.8. The molecule has 28 heavy (non-hydrogen) atoms. The van der Waals surface area contributed by atoms with Crippen LogP contribution in [0.25, 0.3) is 0 Å². The van der Waals surface area contributed by atoms with Crippen molar-refractivity contribution in [2.75, 3.05) is 19.6 Å². The molecule has 1 aliphatic heterocycles. The first-order chi connectivity index (χ1) is 13.7. The first-order valence-corrected chi connectivity index (χ1v) is 10.0. The van der Waals surface area contributed by atoms with Crippen LogP contribution in [0.5, 0.6) is 0 Å². The number of nitrogens with zero attached hydrogens (tertiary/aromatic N) is 1. The van der Waals surface area contributed by atoms with Crippen molar-refractivity contribution in [3.8, 4) is 0 Å². The van der Waals surface area contributed by atoms with Crippen molar-refractivity contribution in [2.45, 2.75) is 38.8 Å². The molecule has 3 rings (SSSR count). The predicted octanol–water partition coefficient (Wildman–Crippen LogP) is 2.30. The average molecular weight is 380 g/mol. The molecule has 1 heterocycles. The van der Waals surface area contributed by atoms with Gasteiger partial charge in [0.15, 0.2) is 0 Å². The molecule has 1 aliphatic rings. The van der Waals surface area contributed by atoms with E-state index in [0.29, 0.717) is 19.0 Å². The fourth-order valence-electron chi connectivity index (χ4n) is 3.68. The maximum absolute atomic E-state index is 12.2. The highest BCUT2D eigenvalue weighted by molar-refractivity contribution is 5.85. The maximum atomic E-state index is 12.2. The van der Waals surface area contributed by atoms with Crippen molar-refractivity contribution >= 4 is 11.8 Å². The summed E-state index contributed by atoms with van der Waals surface area (Å²) in [5, 5.41) is 5.68. The van der Waals surface area contributed by atoms with Gasteiger partial charge in [0.25, 0.3) is 0 Å². The van der Waals surface area contributed by atoms with Crippen LogP contribution in [0, 0.1) is 0 Å². The Morgan fingerprint density at radius 3 is 2.43 bits per heavy atom. The van der Waals surface area contributed by atoms with Gasteiger partial charge in [-0.1, -0.05) is 61.5 Å². The molecule has 0 aromatic heterocycles. The normalized spacial score (nSPS) is 14.8. The Morgan fingerprint density at radius 1 is 0.964 bits per heavy atom. The van der Waals surface area contributed by atoms with E-state index >= 15 is 0 Å². The van der Waals surface area contributed by atoms with Gasteiger partial charge in [0.05, 0.1) is 13.0 Å². The second-order valence-corrected chi connectivity index (χ2v) is 7.29. The summed E-state index contributed by atoms with van der Waals surface area (Å²) in [6.07, 6.45) is 2.32. The molecule has 5 heteroatoms. The van der Waals surface area contributed by atoms with Crippen LogP contribution in [0.1, 0.15) is 30.0 Å². The van der Waals surface area contributed by atoms with E-state index in [1.54, 1.807) is 0 Å². The smallest absolute Gasteiger partial charge is 0.239 e. The van der Waals surface area contributed by atoms with E-state index in [1.165, 1.54) is 11.1 Å². The number of carbonyl (C=O) groups is 2. The van der Waals surface area contributed by atoms with Crippen LogP contribution in [0.3, 0.4) is 0 Å². The standard InChI is InChI=1S/C23H29N3O2/c1-2-21(26-13-12-19-10-6-7-11-20(19)17-26)15-24-23(28)16-25-22(27)14-18-8-4-3-5-9-18/h3-11,21H,2,12-17H2,1H3,(H,24,28)(H,25,27). The number of hydrogen-bond acceptors (Lipinski definition) is 3. The minimum Gasteiger partial charge on any atom is -0.353 e. The van der Waals surface area contributed by atoms with Crippen LogP contribution < -0.4 is 10.6 Å². The Balaban J connectivity index is 1.41. The SMILES string of the molecule is CCC(CNC(=O)CNC(=O)Cc1ccccc1)N1CCc2ccccc2C1. The molecular weight excluding hydrogens is 350 g/mol. The summed E-state index contributed by atoms with van der Waals surface area (Å²) < 4.78 is 0. The molecule has 0 saturated heterocycles. The molecule has 0 fully saturated rings. The first-order valence-electron chi connectivity index (χ1n) is 10.0. The number of rotatable bonds is 8. The molecule has 0 saturated carbocycles. The lowest BCUT2D eigenvalue weighted by molar-refractivity contribution is -0.125. The zero-order valence-corrected chi connectivity index (χ0v) is 16.5. The topological polar surface area (TPSA) is 61.4 Å². The third-order valence-electron chi connectivity index (χ3n) is 5.34. The van der Waals surface area contributed by atoms with E-state index in [1.807, 2.05) is 30.3 Å². The largest absolute Gasteiger partial charge is 0.353 e. The van der Waals surface area contributed by atoms with Crippen molar-refractivity contribution in [1.82, 2.24) is 15.5 Å². The van der Waals surface area contributed by atoms with Crippen LogP contribution in [-0.2, 0) is 29.0 Å². The van der Waals surface area contributed by atoms with E-state index in [9.17, 15) is 9.59 Å². The minimum absolute atomic E-state index is 0.0188. The highest BCUT2D eigenvalue weighted by atomic mass is 16.2. The molecular formula is C23H29N3O2. The van der Waals surface area contributed by atoms with Crippen molar-refractivity contribution in [3.63, 3.8) is 0 Å². The fourth-order valence-corrected chi connectivity index (χ4v) is 3.68. The van der Waals surface area contributed by atoms with Crippen LogP contribution in [0.4, 0.5) is 0 Å². The Bertz CT molecular complexity index is 791. The highest BCUT2D eigenvalue weighted by Crippen LogP contribution is 2.21. The minimum atomic E-state index is -0.141. The third-order valence-corrected chi connectivity index (χ3v) is 5.34. The number of fused-ring (bicyclic) bond motifs is 1. The summed E-state index contributed by atoms with van der Waals surface area (Å²) in [6, 6.07) is 18.4. The van der Waals surface area contributed by atoms with Gasteiger partial charge in [-0.15, -0.1) is 0 Å². The predicted molar refractivity (Wildman–Crippen MR) is 111 cm³/mol. The molecule has 0 spiro atoms. The molecule has 1 atom stereocenters. The first kappa shape index (κ1) is 20.1. The van der Waals surface area contributed by atoms with Gasteiger partial charge in [-0.25, -0.2) is 0 Å². The zero-order valence-electron chi connectivity index (χ0n) is 16.5. The quantitative estimate of drug-likeness (QED) is 0.740. The average Bonchev–Trinajstić information content (AvgIpc) is 2.73. The molecule has 0 radical (unpaired) electrons. The molecule has 148 valence electrons. The number of amides is 2. The van der Waals surface area contributed by atoms with Crippen molar-refractivity contribution in [2.24, 2.45) is 0 Å². The summed E-state index contributed by atoms with van der Waals surface area (Å²) >= 11 is 0. The third kappa shape index (κ3) is 5.67. The molecule has 2 aromatic rings. The van der Waals surface area contributed by atoms with Crippen LogP contribution in [0.15, 0.2) is 54.6 Å². The van der Waals surface area contributed by atoms with Gasteiger partial charge in [0.1, 0.15) is 0 Å². The molecule has 1 unspecified atom stereocenters. The number of carbonyl (C=O) groups excluding carboxylic acids is 2. The van der Waals surface area contributed by atoms with Gasteiger partial charge >= 0.3 is 0 Å². The van der Waals surface area contributed by atoms with Crippen LogP contribution in [0.2, 0.25) is 0 Å². The molecule has 2 N–H and O–H groups in total. The Morgan fingerprint density at radius 2 is 1.68 bits per heavy atom. The Labute approximate surface area is 167 Å². The molecule has 5 nitrogen and oxygen atoms in total. The molecule has 0 bridgehead atoms. The van der Waals surface area contributed by atoms with Crippen LogP contribution >= 0.6 is 0 Å². The lowest BCUT2D eigenvalue weighted by Gasteiger charge is -2.35. The van der Waals surface area contributed by atoms with Gasteiger partial charge < -0.3 is 10.6 Å². The molecule has 0 aliphatic carbocycles. The summed E-state index contributed by atoms with van der Waals surface area (Å²) in [4.78, 5) is 26.6.